The van der Waals surface area contributed by atoms with Crippen LogP contribution in [0.3, 0.4) is 0 Å². The number of imide groups is 1. The molecule has 2 rings (SSSR count). The van der Waals surface area contributed by atoms with Gasteiger partial charge in [-0.2, -0.15) is 0 Å². The van der Waals surface area contributed by atoms with Crippen molar-refractivity contribution < 1.29 is 33.4 Å². The molecule has 0 unspecified atom stereocenters. The first-order valence-electron chi connectivity index (χ1n) is 8.24. The number of hydrogen-bond donors (Lipinski definition) is 0. The van der Waals surface area contributed by atoms with Crippen molar-refractivity contribution in [2.45, 2.75) is 13.8 Å². The summed E-state index contributed by atoms with van der Waals surface area (Å²) in [7, 11) is 0. The zero-order valence-electron chi connectivity index (χ0n) is 14.9. The van der Waals surface area contributed by atoms with Crippen LogP contribution in [0.15, 0.2) is 29.2 Å². The number of nitrogens with zero attached hydrogens (tertiary/aromatic N) is 1. The lowest BCUT2D eigenvalue weighted by Crippen LogP contribution is -2.34. The van der Waals surface area contributed by atoms with Crippen molar-refractivity contribution >= 4 is 40.9 Å². The quantitative estimate of drug-likeness (QED) is 0.490. The Labute approximate surface area is 160 Å². The van der Waals surface area contributed by atoms with Crippen LogP contribution in [0.1, 0.15) is 19.4 Å². The van der Waals surface area contributed by atoms with E-state index in [0.29, 0.717) is 11.3 Å². The molecular formula is C18H19NO7S. The van der Waals surface area contributed by atoms with Crippen molar-refractivity contribution in [2.24, 2.45) is 0 Å². The maximum absolute atomic E-state index is 12.3. The van der Waals surface area contributed by atoms with Gasteiger partial charge in [0.1, 0.15) is 12.3 Å². The summed E-state index contributed by atoms with van der Waals surface area (Å²) in [6.07, 6.45) is 1.55. The van der Waals surface area contributed by atoms with Crippen molar-refractivity contribution in [3.05, 3.63) is 34.7 Å². The summed E-state index contributed by atoms with van der Waals surface area (Å²) in [5.41, 5.74) is 0.667. The maximum Gasteiger partial charge on any atom is 0.344 e. The second kappa shape index (κ2) is 9.77. The monoisotopic (exact) mass is 393 g/mol. The summed E-state index contributed by atoms with van der Waals surface area (Å²) in [6.45, 7) is 3.21. The van der Waals surface area contributed by atoms with E-state index in [0.717, 1.165) is 16.7 Å². The smallest absolute Gasteiger partial charge is 0.344 e. The first kappa shape index (κ1) is 20.5. The number of thioether (sulfide) groups is 1. The summed E-state index contributed by atoms with van der Waals surface area (Å²) < 4.78 is 14.8. The van der Waals surface area contributed by atoms with Gasteiger partial charge in [0.2, 0.25) is 0 Å². The number of carbonyl (C=O) groups is 4. The van der Waals surface area contributed by atoms with E-state index >= 15 is 0 Å². The first-order chi connectivity index (χ1) is 12.9. The van der Waals surface area contributed by atoms with Crippen LogP contribution in [0.5, 0.6) is 5.75 Å². The van der Waals surface area contributed by atoms with Crippen LogP contribution in [0, 0.1) is 0 Å². The van der Waals surface area contributed by atoms with Gasteiger partial charge in [-0.05, 0) is 49.4 Å². The summed E-state index contributed by atoms with van der Waals surface area (Å²) in [5.74, 6) is -1.17. The second-order valence-electron chi connectivity index (χ2n) is 5.24. The number of carbonyl (C=O) groups excluding carboxylic acids is 4. The number of rotatable bonds is 8. The third-order valence-electron chi connectivity index (χ3n) is 3.31. The van der Waals surface area contributed by atoms with E-state index in [-0.39, 0.29) is 24.7 Å². The highest BCUT2D eigenvalue weighted by Gasteiger charge is 2.36. The Bertz CT molecular complexity index is 757. The number of ether oxygens (including phenoxy) is 3. The Balaban J connectivity index is 1.99. The minimum Gasteiger partial charge on any atom is -0.482 e. The normalized spacial score (nSPS) is 15.2. The van der Waals surface area contributed by atoms with Gasteiger partial charge in [-0.1, -0.05) is 12.1 Å². The number of benzene rings is 1. The Morgan fingerprint density at radius 2 is 1.67 bits per heavy atom. The summed E-state index contributed by atoms with van der Waals surface area (Å²) in [4.78, 5) is 48.1. The minimum atomic E-state index is -0.635. The molecule has 1 aliphatic rings. The van der Waals surface area contributed by atoms with Crippen molar-refractivity contribution in [2.75, 3.05) is 26.4 Å². The van der Waals surface area contributed by atoms with Gasteiger partial charge < -0.3 is 14.2 Å². The third-order valence-corrected chi connectivity index (χ3v) is 4.21. The molecule has 0 aliphatic carbocycles. The zero-order chi connectivity index (χ0) is 19.8. The second-order valence-corrected chi connectivity index (χ2v) is 6.23. The average molecular weight is 393 g/mol. The Morgan fingerprint density at radius 1 is 1.04 bits per heavy atom. The maximum atomic E-state index is 12.3. The molecule has 8 nitrogen and oxygen atoms in total. The molecule has 27 heavy (non-hydrogen) atoms. The molecule has 144 valence electrons. The number of esters is 2. The van der Waals surface area contributed by atoms with E-state index in [9.17, 15) is 19.2 Å². The lowest BCUT2D eigenvalue weighted by molar-refractivity contribution is -0.146. The fourth-order valence-corrected chi connectivity index (χ4v) is 2.97. The fourth-order valence-electron chi connectivity index (χ4n) is 2.13. The average Bonchev–Trinajstić information content (AvgIpc) is 2.89. The SMILES string of the molecule is CCOC(=O)COc1ccc(/C=C2\SC(=O)N(CC(=O)OCC)C2=O)cc1. The molecule has 0 aromatic heterocycles. The highest BCUT2D eigenvalue weighted by molar-refractivity contribution is 8.18. The van der Waals surface area contributed by atoms with Gasteiger partial charge in [0.25, 0.3) is 11.1 Å². The van der Waals surface area contributed by atoms with Gasteiger partial charge in [0.05, 0.1) is 18.1 Å². The fraction of sp³-hybridized carbons (Fsp3) is 0.333. The molecule has 1 aromatic carbocycles. The zero-order valence-corrected chi connectivity index (χ0v) is 15.7. The lowest BCUT2D eigenvalue weighted by Gasteiger charge is -2.10. The van der Waals surface area contributed by atoms with Crippen LogP contribution < -0.4 is 4.74 Å². The third kappa shape index (κ3) is 5.85. The van der Waals surface area contributed by atoms with Gasteiger partial charge in [-0.25, -0.2) is 4.79 Å². The van der Waals surface area contributed by atoms with Gasteiger partial charge in [0, 0.05) is 0 Å². The molecule has 0 spiro atoms. The molecule has 1 fully saturated rings. The highest BCUT2D eigenvalue weighted by Crippen LogP contribution is 2.32. The molecule has 0 N–H and O–H groups in total. The van der Waals surface area contributed by atoms with Gasteiger partial charge in [0.15, 0.2) is 6.61 Å². The predicted molar refractivity (Wildman–Crippen MR) is 97.9 cm³/mol. The largest absolute Gasteiger partial charge is 0.482 e. The van der Waals surface area contributed by atoms with E-state index in [1.165, 1.54) is 0 Å². The Morgan fingerprint density at radius 3 is 2.30 bits per heavy atom. The van der Waals surface area contributed by atoms with Crippen LogP contribution in [0.2, 0.25) is 0 Å². The van der Waals surface area contributed by atoms with Gasteiger partial charge >= 0.3 is 11.9 Å². The first-order valence-corrected chi connectivity index (χ1v) is 9.05. The Kier molecular flexibility index (Phi) is 7.42. The molecule has 1 aromatic rings. The van der Waals surface area contributed by atoms with Crippen LogP contribution in [-0.4, -0.2) is 54.4 Å². The molecule has 9 heteroatoms. The van der Waals surface area contributed by atoms with Crippen LogP contribution in [0.4, 0.5) is 4.79 Å². The van der Waals surface area contributed by atoms with Crippen LogP contribution in [0.25, 0.3) is 6.08 Å². The van der Waals surface area contributed by atoms with Gasteiger partial charge in [-0.3, -0.25) is 19.3 Å². The standard InChI is InChI=1S/C18H19NO7S/c1-3-24-15(20)10-19-17(22)14(27-18(19)23)9-12-5-7-13(8-6-12)26-11-16(21)25-4-2/h5-9H,3-4,10-11H2,1-2H3/b14-9-. The Hall–Kier alpha value is -2.81. The molecule has 1 saturated heterocycles. The van der Waals surface area contributed by atoms with E-state index in [2.05, 4.69) is 0 Å². The molecule has 0 atom stereocenters. The summed E-state index contributed by atoms with van der Waals surface area (Å²) in [6, 6.07) is 6.63. The van der Waals surface area contributed by atoms with Crippen molar-refractivity contribution in [3.8, 4) is 5.75 Å². The minimum absolute atomic E-state index is 0.176. The van der Waals surface area contributed by atoms with E-state index in [1.54, 1.807) is 44.2 Å². The van der Waals surface area contributed by atoms with Gasteiger partial charge in [-0.15, -0.1) is 0 Å². The molecule has 1 aliphatic heterocycles. The summed E-state index contributed by atoms with van der Waals surface area (Å²) in [5, 5.41) is -0.520. The van der Waals surface area contributed by atoms with Crippen molar-refractivity contribution in [1.82, 2.24) is 4.90 Å². The van der Waals surface area contributed by atoms with Crippen LogP contribution in [-0.2, 0) is 23.9 Å². The highest BCUT2D eigenvalue weighted by atomic mass is 32.2. The van der Waals surface area contributed by atoms with E-state index in [1.807, 2.05) is 0 Å². The molecule has 0 saturated carbocycles. The summed E-state index contributed by atoms with van der Waals surface area (Å²) >= 11 is 0.759. The lowest BCUT2D eigenvalue weighted by atomic mass is 10.2. The van der Waals surface area contributed by atoms with Crippen molar-refractivity contribution in [1.29, 1.82) is 0 Å². The molecular weight excluding hydrogens is 374 g/mol. The number of amides is 2. The van der Waals surface area contributed by atoms with Crippen molar-refractivity contribution in [3.63, 3.8) is 0 Å². The molecule has 0 radical (unpaired) electrons. The topological polar surface area (TPSA) is 99.2 Å². The predicted octanol–water partition coefficient (Wildman–Crippen LogP) is 2.23. The molecule has 0 bridgehead atoms. The molecule has 1 heterocycles. The number of hydrogen-bond acceptors (Lipinski definition) is 8. The molecule has 2 amide bonds. The van der Waals surface area contributed by atoms with Crippen LogP contribution >= 0.6 is 11.8 Å². The van der Waals surface area contributed by atoms with E-state index < -0.39 is 29.6 Å². The van der Waals surface area contributed by atoms with E-state index in [4.69, 9.17) is 14.2 Å².